The summed E-state index contributed by atoms with van der Waals surface area (Å²) in [5, 5.41) is 7.43. The van der Waals surface area contributed by atoms with E-state index < -0.39 is 11.7 Å². The average molecular weight is 305 g/mol. The van der Waals surface area contributed by atoms with Crippen LogP contribution in [-0.4, -0.2) is 64.1 Å². The van der Waals surface area contributed by atoms with E-state index in [1.165, 1.54) is 12.0 Å². The fourth-order valence-electron chi connectivity index (χ4n) is 2.16. The maximum atomic E-state index is 12.3. The molecule has 9 heteroatoms. The lowest BCUT2D eigenvalue weighted by Crippen LogP contribution is -2.46. The van der Waals surface area contributed by atoms with Gasteiger partial charge in [-0.2, -0.15) is 4.68 Å². The number of carbonyl (C=O) groups is 1. The first-order valence-electron chi connectivity index (χ1n) is 6.77. The zero-order valence-corrected chi connectivity index (χ0v) is 12.0. The fraction of sp³-hybridized carbons (Fsp3) is 0.385. The molecule has 0 N–H and O–H groups in total. The molecule has 1 amide bonds. The Kier molecular flexibility index (Phi) is 3.88. The summed E-state index contributed by atoms with van der Waals surface area (Å²) >= 11 is 0. The maximum absolute atomic E-state index is 12.3. The van der Waals surface area contributed by atoms with Crippen molar-refractivity contribution in [2.24, 2.45) is 0 Å². The summed E-state index contributed by atoms with van der Waals surface area (Å²) in [5.41, 5.74) is -0.143. The molecule has 3 rings (SSSR count). The molecule has 2 aromatic rings. The number of hydrogen-bond donors (Lipinski definition) is 0. The van der Waals surface area contributed by atoms with Crippen LogP contribution in [0, 0.1) is 0 Å². The Morgan fingerprint density at radius 3 is 2.77 bits per heavy atom. The number of nitrogens with zero attached hydrogens (tertiary/aromatic N) is 5. The minimum atomic E-state index is -0.621. The highest BCUT2D eigenvalue weighted by Crippen LogP contribution is 2.14. The molecule has 1 fully saturated rings. The van der Waals surface area contributed by atoms with Crippen molar-refractivity contribution in [3.8, 4) is 11.4 Å². The highest BCUT2D eigenvalue weighted by atomic mass is 16.5. The lowest BCUT2D eigenvalue weighted by Gasteiger charge is -2.25. The van der Waals surface area contributed by atoms with Crippen molar-refractivity contribution >= 4 is 6.03 Å². The molecule has 0 spiro atoms. The highest BCUT2D eigenvalue weighted by Gasteiger charge is 2.23. The number of morpholine rings is 1. The van der Waals surface area contributed by atoms with E-state index >= 15 is 0 Å². The number of hydrogen-bond acceptors (Lipinski definition) is 6. The van der Waals surface area contributed by atoms with Crippen molar-refractivity contribution in [2.45, 2.75) is 0 Å². The summed E-state index contributed by atoms with van der Waals surface area (Å²) in [5.74, 6) is 0.582. The van der Waals surface area contributed by atoms with Crippen LogP contribution in [0.4, 0.5) is 4.79 Å². The Hall–Kier alpha value is -2.68. The Bertz CT molecular complexity index is 732. The average Bonchev–Trinajstić information content (AvgIpc) is 2.96. The lowest BCUT2D eigenvalue weighted by molar-refractivity contribution is 0.0525. The van der Waals surface area contributed by atoms with Crippen molar-refractivity contribution in [2.75, 3.05) is 33.4 Å². The molecule has 0 saturated carbocycles. The third-order valence-corrected chi connectivity index (χ3v) is 3.34. The van der Waals surface area contributed by atoms with Gasteiger partial charge >= 0.3 is 11.7 Å². The number of carbonyl (C=O) groups excluding carboxylic acids is 1. The van der Waals surface area contributed by atoms with E-state index in [4.69, 9.17) is 9.47 Å². The predicted molar refractivity (Wildman–Crippen MR) is 75.4 cm³/mol. The molecule has 1 aromatic carbocycles. The van der Waals surface area contributed by atoms with Gasteiger partial charge in [0.25, 0.3) is 0 Å². The zero-order valence-electron chi connectivity index (χ0n) is 12.0. The van der Waals surface area contributed by atoms with Gasteiger partial charge in [0, 0.05) is 19.2 Å². The quantitative estimate of drug-likeness (QED) is 0.710. The summed E-state index contributed by atoms with van der Waals surface area (Å²) < 4.78 is 12.1. The van der Waals surface area contributed by atoms with E-state index in [1.807, 2.05) is 0 Å². The van der Waals surface area contributed by atoms with Gasteiger partial charge in [0.05, 0.1) is 26.0 Å². The molecule has 1 aliphatic heterocycles. The van der Waals surface area contributed by atoms with Gasteiger partial charge in [-0.15, -0.1) is 4.68 Å². The molecule has 0 atom stereocenters. The van der Waals surface area contributed by atoms with Gasteiger partial charge in [-0.05, 0) is 22.6 Å². The van der Waals surface area contributed by atoms with E-state index in [-0.39, 0.29) is 0 Å². The molecule has 1 aliphatic rings. The first-order valence-corrected chi connectivity index (χ1v) is 6.77. The van der Waals surface area contributed by atoms with E-state index in [0.29, 0.717) is 37.7 Å². The number of tetrazole rings is 1. The van der Waals surface area contributed by atoms with Crippen LogP contribution in [0.25, 0.3) is 5.69 Å². The second kappa shape index (κ2) is 5.98. The topological polar surface area (TPSA) is 91.5 Å². The normalized spacial score (nSPS) is 14.9. The zero-order chi connectivity index (χ0) is 15.5. The summed E-state index contributed by atoms with van der Waals surface area (Å²) in [7, 11) is 1.53. The summed E-state index contributed by atoms with van der Waals surface area (Å²) in [4.78, 5) is 26.1. The molecular weight excluding hydrogens is 290 g/mol. The van der Waals surface area contributed by atoms with Crippen LogP contribution in [0.2, 0.25) is 0 Å². The monoisotopic (exact) mass is 305 g/mol. The molecule has 1 saturated heterocycles. The number of methoxy groups -OCH3 is 1. The highest BCUT2D eigenvalue weighted by molar-refractivity contribution is 5.75. The SMILES string of the molecule is COc1cccc(-n2nnn(C(=O)N3CCOCC3)c2=O)c1. The van der Waals surface area contributed by atoms with E-state index in [0.717, 1.165) is 9.36 Å². The van der Waals surface area contributed by atoms with Gasteiger partial charge in [0.15, 0.2) is 0 Å². The van der Waals surface area contributed by atoms with E-state index in [9.17, 15) is 9.59 Å². The smallest absolute Gasteiger partial charge is 0.377 e. The van der Waals surface area contributed by atoms with Crippen molar-refractivity contribution in [1.82, 2.24) is 24.7 Å². The third-order valence-electron chi connectivity index (χ3n) is 3.34. The van der Waals surface area contributed by atoms with Gasteiger partial charge in [-0.1, -0.05) is 6.07 Å². The fourth-order valence-corrected chi connectivity index (χ4v) is 2.16. The van der Waals surface area contributed by atoms with Crippen LogP contribution in [0.5, 0.6) is 5.75 Å². The minimum absolute atomic E-state index is 0.428. The molecule has 1 aromatic heterocycles. The van der Waals surface area contributed by atoms with Crippen LogP contribution in [0.1, 0.15) is 0 Å². The standard InChI is InChI=1S/C13H15N5O4/c1-21-11-4-2-3-10(9-11)17-13(20)18(15-14-17)12(19)16-5-7-22-8-6-16/h2-4,9H,5-8H2,1H3. The number of benzene rings is 1. The van der Waals surface area contributed by atoms with Gasteiger partial charge < -0.3 is 14.4 Å². The van der Waals surface area contributed by atoms with Crippen LogP contribution in [-0.2, 0) is 4.74 Å². The number of aromatic nitrogens is 4. The molecular formula is C13H15N5O4. The summed E-state index contributed by atoms with van der Waals surface area (Å²) in [6.07, 6.45) is 0. The number of ether oxygens (including phenoxy) is 2. The van der Waals surface area contributed by atoms with Gasteiger partial charge in [-0.25, -0.2) is 9.59 Å². The van der Waals surface area contributed by atoms with Crippen molar-refractivity contribution in [1.29, 1.82) is 0 Å². The molecule has 0 aliphatic carbocycles. The first kappa shape index (κ1) is 14.3. The van der Waals surface area contributed by atoms with Gasteiger partial charge in [0.2, 0.25) is 0 Å². The largest absolute Gasteiger partial charge is 0.497 e. The molecule has 116 valence electrons. The number of amides is 1. The van der Waals surface area contributed by atoms with E-state index in [1.54, 1.807) is 24.3 Å². The maximum Gasteiger partial charge on any atom is 0.377 e. The third kappa shape index (κ3) is 2.58. The van der Waals surface area contributed by atoms with Crippen LogP contribution < -0.4 is 10.4 Å². The predicted octanol–water partition coefficient (Wildman–Crippen LogP) is -0.262. The number of rotatable bonds is 2. The second-order valence-electron chi connectivity index (χ2n) is 4.67. The summed E-state index contributed by atoms with van der Waals surface area (Å²) in [6, 6.07) is 6.30. The van der Waals surface area contributed by atoms with Crippen molar-refractivity contribution < 1.29 is 14.3 Å². The van der Waals surface area contributed by atoms with Crippen molar-refractivity contribution in [3.63, 3.8) is 0 Å². The van der Waals surface area contributed by atoms with Gasteiger partial charge in [0.1, 0.15) is 5.75 Å². The van der Waals surface area contributed by atoms with Crippen molar-refractivity contribution in [3.05, 3.63) is 34.7 Å². The Balaban J connectivity index is 1.91. The second-order valence-corrected chi connectivity index (χ2v) is 4.67. The summed E-state index contributed by atoms with van der Waals surface area (Å²) in [6.45, 7) is 1.75. The molecule has 9 nitrogen and oxygen atoms in total. The van der Waals surface area contributed by atoms with Crippen LogP contribution in [0.15, 0.2) is 29.1 Å². The molecule has 0 bridgehead atoms. The Morgan fingerprint density at radius 1 is 1.27 bits per heavy atom. The molecule has 0 radical (unpaired) electrons. The molecule has 2 heterocycles. The lowest BCUT2D eigenvalue weighted by atomic mass is 10.3. The Labute approximate surface area is 125 Å². The van der Waals surface area contributed by atoms with Crippen LogP contribution >= 0.6 is 0 Å². The van der Waals surface area contributed by atoms with E-state index in [2.05, 4.69) is 10.4 Å². The minimum Gasteiger partial charge on any atom is -0.497 e. The molecule has 22 heavy (non-hydrogen) atoms. The van der Waals surface area contributed by atoms with Gasteiger partial charge in [-0.3, -0.25) is 0 Å². The Morgan fingerprint density at radius 2 is 2.05 bits per heavy atom. The molecule has 0 unspecified atom stereocenters. The van der Waals surface area contributed by atoms with Crippen LogP contribution in [0.3, 0.4) is 0 Å². The first-order chi connectivity index (χ1) is 10.7.